The molecule has 0 aliphatic heterocycles. The van der Waals surface area contributed by atoms with E-state index in [0.717, 1.165) is 11.0 Å². The fourth-order valence-electron chi connectivity index (χ4n) is 0.754. The van der Waals surface area contributed by atoms with Crippen LogP contribution in [0.15, 0.2) is 18.3 Å². The predicted octanol–water partition coefficient (Wildman–Crippen LogP) is 3.80. The summed E-state index contributed by atoms with van der Waals surface area (Å²) in [5.74, 6) is 0. The normalized spacial score (nSPS) is 11.9. The Morgan fingerprint density at radius 3 is 2.58 bits per heavy atom. The molecular weight excluding hydrogens is 350 g/mol. The average molecular weight is 360 g/mol. The van der Waals surface area contributed by atoms with Crippen LogP contribution in [0.25, 0.3) is 0 Å². The molecule has 1 rings (SSSR count). The van der Waals surface area contributed by atoms with Gasteiger partial charge >= 0.3 is 0 Å². The van der Waals surface area contributed by atoms with Crippen molar-refractivity contribution in [3.63, 3.8) is 0 Å². The van der Waals surface area contributed by atoms with Gasteiger partial charge in [0.05, 0.1) is 4.83 Å². The molecule has 1 aromatic rings. The molecule has 1 aromatic heterocycles. The maximum atomic E-state index is 4.20. The van der Waals surface area contributed by atoms with Crippen molar-refractivity contribution in [3.8, 4) is 0 Å². The van der Waals surface area contributed by atoms with Crippen LogP contribution in [0.1, 0.15) is 16.1 Å². The van der Waals surface area contributed by atoms with E-state index in [0.29, 0.717) is 4.83 Å². The summed E-state index contributed by atoms with van der Waals surface area (Å²) in [6, 6.07) is 4.11. The Morgan fingerprint density at radius 1 is 1.50 bits per heavy atom. The van der Waals surface area contributed by atoms with E-state index in [1.54, 1.807) is 0 Å². The number of hydrogen-bond acceptors (Lipinski definition) is 1. The van der Waals surface area contributed by atoms with E-state index in [-0.39, 0.29) is 17.0 Å². The van der Waals surface area contributed by atoms with E-state index in [1.165, 1.54) is 5.56 Å². The molecule has 0 aliphatic carbocycles. The molecule has 0 N–H and O–H groups in total. The van der Waals surface area contributed by atoms with Crippen molar-refractivity contribution in [2.75, 3.05) is 5.33 Å². The van der Waals surface area contributed by atoms with Gasteiger partial charge in [-0.1, -0.05) is 37.9 Å². The van der Waals surface area contributed by atoms with Gasteiger partial charge in [0, 0.05) is 17.2 Å². The second-order valence-corrected chi connectivity index (χ2v) is 4.11. The first-order chi connectivity index (χ1) is 5.24. The van der Waals surface area contributed by atoms with E-state index in [2.05, 4.69) is 42.9 Å². The van der Waals surface area contributed by atoms with Crippen LogP contribution in [-0.2, 0) is 0 Å². The highest BCUT2D eigenvalue weighted by Gasteiger charge is 2.03. The minimum Gasteiger partial charge on any atom is -0.261 e. The molecule has 1 atom stereocenters. The second kappa shape index (κ2) is 6.11. The summed E-state index contributed by atoms with van der Waals surface area (Å²) in [5, 5.41) is 0.914. The maximum absolute atomic E-state index is 4.20. The number of nitrogens with zero attached hydrogens (tertiary/aromatic N) is 1. The maximum Gasteiger partial charge on any atom is 0.0507 e. The van der Waals surface area contributed by atoms with E-state index < -0.39 is 0 Å². The summed E-state index contributed by atoms with van der Waals surface area (Å²) in [5.41, 5.74) is 2.27. The van der Waals surface area contributed by atoms with Crippen LogP contribution in [0, 0.1) is 6.92 Å². The Morgan fingerprint density at radius 2 is 2.17 bits per heavy atom. The quantitative estimate of drug-likeness (QED) is 0.732. The number of aryl methyl sites for hydroxylation is 1. The highest BCUT2D eigenvalue weighted by Crippen LogP contribution is 2.23. The molecule has 0 bridgehead atoms. The molecule has 1 nitrogen and oxygen atoms in total. The highest BCUT2D eigenvalue weighted by molar-refractivity contribution is 9.12. The zero-order chi connectivity index (χ0) is 8.27. The molecule has 1 unspecified atom stereocenters. The first-order valence-electron chi connectivity index (χ1n) is 3.36. The fourth-order valence-corrected chi connectivity index (χ4v) is 1.40. The zero-order valence-corrected chi connectivity index (χ0v) is 11.5. The Balaban J connectivity index is 0.00000121. The molecule has 0 amide bonds. The Hall–Kier alpha value is 0.590. The van der Waals surface area contributed by atoms with Gasteiger partial charge in [-0.25, -0.2) is 0 Å². The largest absolute Gasteiger partial charge is 0.261 e. The van der Waals surface area contributed by atoms with E-state index in [9.17, 15) is 0 Å². The summed E-state index contributed by atoms with van der Waals surface area (Å²) < 4.78 is 0. The molecule has 0 radical (unpaired) electrons. The Kier molecular flexibility index (Phi) is 6.41. The van der Waals surface area contributed by atoms with Gasteiger partial charge in [-0.15, -0.1) is 17.0 Å². The molecule has 0 fully saturated rings. The summed E-state index contributed by atoms with van der Waals surface area (Å²) in [4.78, 5) is 4.57. The lowest BCUT2D eigenvalue weighted by atomic mass is 10.2. The summed E-state index contributed by atoms with van der Waals surface area (Å²) in [6.45, 7) is 1.99. The standard InChI is InChI=1S/C8H9Br2N.BrH/c1-6-2-3-7(5-11-6)8(10)4-9;/h2-3,5,8H,4H2,1H3;1H. The predicted molar refractivity (Wildman–Crippen MR) is 64.8 cm³/mol. The van der Waals surface area contributed by atoms with E-state index in [4.69, 9.17) is 0 Å². The van der Waals surface area contributed by atoms with Gasteiger partial charge in [-0.05, 0) is 18.6 Å². The molecule has 0 aromatic carbocycles. The van der Waals surface area contributed by atoms with Gasteiger partial charge < -0.3 is 0 Å². The molecule has 0 saturated carbocycles. The molecule has 0 saturated heterocycles. The second-order valence-electron chi connectivity index (χ2n) is 2.35. The highest BCUT2D eigenvalue weighted by atomic mass is 79.9. The van der Waals surface area contributed by atoms with Crippen LogP contribution in [0.5, 0.6) is 0 Å². The molecule has 4 heteroatoms. The number of alkyl halides is 2. The van der Waals surface area contributed by atoms with E-state index >= 15 is 0 Å². The number of halogens is 3. The first kappa shape index (κ1) is 12.6. The molecule has 1 heterocycles. The number of aromatic nitrogens is 1. The lowest BCUT2D eigenvalue weighted by molar-refractivity contribution is 1.08. The van der Waals surface area contributed by atoms with Crippen molar-refractivity contribution in [1.29, 1.82) is 0 Å². The van der Waals surface area contributed by atoms with Gasteiger partial charge in [-0.3, -0.25) is 4.98 Å². The third-order valence-corrected chi connectivity index (χ3v) is 3.80. The van der Waals surface area contributed by atoms with Crippen molar-refractivity contribution in [2.24, 2.45) is 0 Å². The minimum absolute atomic E-state index is 0. The van der Waals surface area contributed by atoms with Gasteiger partial charge in [0.1, 0.15) is 0 Å². The SMILES string of the molecule is Br.Cc1ccc(C(Br)CBr)cn1. The van der Waals surface area contributed by atoms with Gasteiger partial charge in [0.25, 0.3) is 0 Å². The molecule has 0 spiro atoms. The molecular formula is C8H10Br3N. The smallest absolute Gasteiger partial charge is 0.0507 e. The van der Waals surface area contributed by atoms with Crippen molar-refractivity contribution < 1.29 is 0 Å². The molecule has 0 aliphatic rings. The number of hydrogen-bond donors (Lipinski definition) is 0. The van der Waals surface area contributed by atoms with Crippen LogP contribution in [0.2, 0.25) is 0 Å². The lowest BCUT2D eigenvalue weighted by Gasteiger charge is -2.04. The zero-order valence-electron chi connectivity index (χ0n) is 6.63. The Labute approximate surface area is 100.0 Å². The van der Waals surface area contributed by atoms with Crippen molar-refractivity contribution in [2.45, 2.75) is 11.8 Å². The average Bonchev–Trinajstić information content (AvgIpc) is 2.05. The van der Waals surface area contributed by atoms with Crippen molar-refractivity contribution in [1.82, 2.24) is 4.98 Å². The van der Waals surface area contributed by atoms with Gasteiger partial charge in [0.2, 0.25) is 0 Å². The molecule has 12 heavy (non-hydrogen) atoms. The van der Waals surface area contributed by atoms with E-state index in [1.807, 2.05) is 19.2 Å². The van der Waals surface area contributed by atoms with Gasteiger partial charge in [0.15, 0.2) is 0 Å². The topological polar surface area (TPSA) is 12.9 Å². The van der Waals surface area contributed by atoms with Crippen LogP contribution >= 0.6 is 48.8 Å². The Bertz CT molecular complexity index is 222. The summed E-state index contributed by atoms with van der Waals surface area (Å²) in [7, 11) is 0. The number of rotatable bonds is 2. The lowest BCUT2D eigenvalue weighted by Crippen LogP contribution is -1.91. The monoisotopic (exact) mass is 357 g/mol. The fraction of sp³-hybridized carbons (Fsp3) is 0.375. The van der Waals surface area contributed by atoms with Crippen LogP contribution < -0.4 is 0 Å². The summed E-state index contributed by atoms with van der Waals surface area (Å²) in [6.07, 6.45) is 1.90. The molecule has 68 valence electrons. The summed E-state index contributed by atoms with van der Waals surface area (Å²) >= 11 is 6.92. The van der Waals surface area contributed by atoms with Crippen LogP contribution in [0.3, 0.4) is 0 Å². The van der Waals surface area contributed by atoms with Crippen molar-refractivity contribution >= 4 is 48.8 Å². The van der Waals surface area contributed by atoms with Crippen molar-refractivity contribution in [3.05, 3.63) is 29.6 Å². The third-order valence-electron chi connectivity index (χ3n) is 1.43. The number of pyridine rings is 1. The third kappa shape index (κ3) is 3.54. The first-order valence-corrected chi connectivity index (χ1v) is 5.40. The van der Waals surface area contributed by atoms with Gasteiger partial charge in [-0.2, -0.15) is 0 Å². The van der Waals surface area contributed by atoms with Crippen LogP contribution in [0.4, 0.5) is 0 Å². The minimum atomic E-state index is 0. The van der Waals surface area contributed by atoms with Crippen LogP contribution in [-0.4, -0.2) is 10.3 Å².